The first-order chi connectivity index (χ1) is 9.16. The zero-order chi connectivity index (χ0) is 13.3. The van der Waals surface area contributed by atoms with Crippen molar-refractivity contribution in [2.24, 2.45) is 0 Å². The van der Waals surface area contributed by atoms with E-state index in [2.05, 4.69) is 5.32 Å². The van der Waals surface area contributed by atoms with E-state index >= 15 is 0 Å². The van der Waals surface area contributed by atoms with E-state index in [0.29, 0.717) is 6.54 Å². The molecule has 2 N–H and O–H groups in total. The Balaban J connectivity index is 1.58. The van der Waals surface area contributed by atoms with Gasteiger partial charge in [-0.1, -0.05) is 19.3 Å². The Bertz CT molecular complexity index is 453. The van der Waals surface area contributed by atoms with Gasteiger partial charge in [0.1, 0.15) is 0 Å². The first-order valence-corrected chi connectivity index (χ1v) is 8.10. The highest BCUT2D eigenvalue weighted by Crippen LogP contribution is 2.31. The van der Waals surface area contributed by atoms with E-state index in [4.69, 9.17) is 0 Å². The lowest BCUT2D eigenvalue weighted by atomic mass is 9.85. The number of fused-ring (bicyclic) bond motifs is 1. The van der Waals surface area contributed by atoms with Crippen molar-refractivity contribution in [3.05, 3.63) is 21.4 Å². The van der Waals surface area contributed by atoms with Crippen LogP contribution in [0.15, 0.2) is 6.07 Å². The number of aliphatic hydroxyl groups is 1. The predicted octanol–water partition coefficient (Wildman–Crippen LogP) is 2.66. The van der Waals surface area contributed by atoms with Crippen molar-refractivity contribution in [2.45, 2.75) is 57.0 Å². The quantitative estimate of drug-likeness (QED) is 0.893. The molecule has 0 saturated heterocycles. The third-order valence-electron chi connectivity index (χ3n) is 4.33. The lowest BCUT2D eigenvalue weighted by Crippen LogP contribution is -2.44. The van der Waals surface area contributed by atoms with Crippen molar-refractivity contribution in [1.82, 2.24) is 5.32 Å². The molecular weight excluding hydrogens is 258 g/mol. The van der Waals surface area contributed by atoms with Crippen molar-refractivity contribution in [3.63, 3.8) is 0 Å². The van der Waals surface area contributed by atoms with Crippen LogP contribution in [0.3, 0.4) is 0 Å². The van der Waals surface area contributed by atoms with Crippen LogP contribution in [0.5, 0.6) is 0 Å². The molecule has 0 aromatic carbocycles. The summed E-state index contributed by atoms with van der Waals surface area (Å²) in [5, 5.41) is 13.3. The maximum Gasteiger partial charge on any atom is 0.261 e. The Morgan fingerprint density at radius 2 is 2.05 bits per heavy atom. The van der Waals surface area contributed by atoms with E-state index in [1.165, 1.54) is 23.3 Å². The zero-order valence-corrected chi connectivity index (χ0v) is 12.0. The molecule has 1 aromatic rings. The molecule has 1 fully saturated rings. The van der Waals surface area contributed by atoms with E-state index in [0.717, 1.165) is 43.4 Å². The molecule has 2 aliphatic carbocycles. The second-order valence-electron chi connectivity index (χ2n) is 5.88. The summed E-state index contributed by atoms with van der Waals surface area (Å²) in [5.41, 5.74) is 0.681. The predicted molar refractivity (Wildman–Crippen MR) is 76.7 cm³/mol. The summed E-state index contributed by atoms with van der Waals surface area (Å²) in [6.07, 6.45) is 8.43. The fourth-order valence-electron chi connectivity index (χ4n) is 3.16. The second kappa shape index (κ2) is 5.25. The Kier molecular flexibility index (Phi) is 3.63. The van der Waals surface area contributed by atoms with Crippen molar-refractivity contribution < 1.29 is 9.90 Å². The van der Waals surface area contributed by atoms with Crippen molar-refractivity contribution in [2.75, 3.05) is 6.54 Å². The van der Waals surface area contributed by atoms with Gasteiger partial charge in [-0.25, -0.2) is 0 Å². The number of carbonyl (C=O) groups excluding carboxylic acids is 1. The van der Waals surface area contributed by atoms with E-state index in [1.54, 1.807) is 11.3 Å². The summed E-state index contributed by atoms with van der Waals surface area (Å²) in [6, 6.07) is 2.03. The smallest absolute Gasteiger partial charge is 0.261 e. The van der Waals surface area contributed by atoms with Crippen LogP contribution in [0.2, 0.25) is 0 Å². The molecule has 0 unspecified atom stereocenters. The summed E-state index contributed by atoms with van der Waals surface area (Å²) in [5.74, 6) is -0.0154. The molecule has 2 aliphatic rings. The van der Waals surface area contributed by atoms with Crippen molar-refractivity contribution in [3.8, 4) is 0 Å². The molecule has 1 heterocycles. The Morgan fingerprint density at radius 1 is 1.26 bits per heavy atom. The number of rotatable bonds is 3. The molecule has 104 valence electrons. The molecule has 1 saturated carbocycles. The van der Waals surface area contributed by atoms with Crippen LogP contribution in [0, 0.1) is 0 Å². The van der Waals surface area contributed by atoms with Gasteiger partial charge in [0.05, 0.1) is 10.5 Å². The SMILES string of the molecule is O=C(NCC1(O)CCCCC1)c1cc2c(s1)CCC2. The monoisotopic (exact) mass is 279 g/mol. The number of amides is 1. The molecule has 0 spiro atoms. The van der Waals surface area contributed by atoms with Crippen molar-refractivity contribution in [1.29, 1.82) is 0 Å². The van der Waals surface area contributed by atoms with Crippen molar-refractivity contribution >= 4 is 17.2 Å². The van der Waals surface area contributed by atoms with Gasteiger partial charge in [0, 0.05) is 11.4 Å². The summed E-state index contributed by atoms with van der Waals surface area (Å²) in [4.78, 5) is 14.3. The van der Waals surface area contributed by atoms with E-state index in [9.17, 15) is 9.90 Å². The van der Waals surface area contributed by atoms with Crippen LogP contribution in [0.4, 0.5) is 0 Å². The van der Waals surface area contributed by atoms with Crippen LogP contribution in [-0.4, -0.2) is 23.2 Å². The summed E-state index contributed by atoms with van der Waals surface area (Å²) >= 11 is 1.62. The number of hydrogen-bond donors (Lipinski definition) is 2. The highest BCUT2D eigenvalue weighted by Gasteiger charge is 2.30. The molecule has 3 nitrogen and oxygen atoms in total. The fourth-order valence-corrected chi connectivity index (χ4v) is 4.33. The number of aryl methyl sites for hydroxylation is 2. The Hall–Kier alpha value is -0.870. The minimum absolute atomic E-state index is 0.0154. The van der Waals surface area contributed by atoms with Gasteiger partial charge in [-0.3, -0.25) is 4.79 Å². The molecule has 4 heteroatoms. The minimum atomic E-state index is -0.673. The normalized spacial score (nSPS) is 21.1. The van der Waals surface area contributed by atoms with Gasteiger partial charge in [-0.15, -0.1) is 11.3 Å². The van der Waals surface area contributed by atoms with Gasteiger partial charge in [0.15, 0.2) is 0 Å². The maximum absolute atomic E-state index is 12.1. The topological polar surface area (TPSA) is 49.3 Å². The molecule has 0 radical (unpaired) electrons. The zero-order valence-electron chi connectivity index (χ0n) is 11.2. The van der Waals surface area contributed by atoms with Crippen LogP contribution >= 0.6 is 11.3 Å². The number of hydrogen-bond acceptors (Lipinski definition) is 3. The van der Waals surface area contributed by atoms with E-state index in [-0.39, 0.29) is 5.91 Å². The lowest BCUT2D eigenvalue weighted by molar-refractivity contribution is 0.00529. The molecule has 0 atom stereocenters. The highest BCUT2D eigenvalue weighted by molar-refractivity contribution is 7.14. The highest BCUT2D eigenvalue weighted by atomic mass is 32.1. The average Bonchev–Trinajstić information content (AvgIpc) is 2.97. The first kappa shape index (κ1) is 13.1. The lowest BCUT2D eigenvalue weighted by Gasteiger charge is -2.32. The van der Waals surface area contributed by atoms with Crippen LogP contribution in [0.25, 0.3) is 0 Å². The van der Waals surface area contributed by atoms with Gasteiger partial charge in [-0.2, -0.15) is 0 Å². The third kappa shape index (κ3) is 2.84. The third-order valence-corrected chi connectivity index (χ3v) is 5.57. The second-order valence-corrected chi connectivity index (χ2v) is 7.02. The standard InChI is InChI=1S/C15H21NO2S/c17-14(13-9-11-5-4-6-12(11)19-13)16-10-15(18)7-2-1-3-8-15/h9,18H,1-8,10H2,(H,16,17). The molecule has 1 amide bonds. The summed E-state index contributed by atoms with van der Waals surface area (Å²) in [7, 11) is 0. The number of nitrogens with one attached hydrogen (secondary N) is 1. The van der Waals surface area contributed by atoms with Crippen LogP contribution in [-0.2, 0) is 12.8 Å². The Morgan fingerprint density at radius 3 is 2.79 bits per heavy atom. The van der Waals surface area contributed by atoms with Gasteiger partial charge in [-0.05, 0) is 43.7 Å². The molecular formula is C15H21NO2S. The summed E-state index contributed by atoms with van der Waals surface area (Å²) < 4.78 is 0. The van der Waals surface area contributed by atoms with Crippen LogP contribution in [0.1, 0.15) is 58.6 Å². The molecule has 0 bridgehead atoms. The largest absolute Gasteiger partial charge is 0.388 e. The number of thiophene rings is 1. The Labute approximate surface area is 118 Å². The maximum atomic E-state index is 12.1. The average molecular weight is 279 g/mol. The van der Waals surface area contributed by atoms with Crippen LogP contribution < -0.4 is 5.32 Å². The van der Waals surface area contributed by atoms with Gasteiger partial charge >= 0.3 is 0 Å². The first-order valence-electron chi connectivity index (χ1n) is 7.28. The minimum Gasteiger partial charge on any atom is -0.388 e. The molecule has 1 aromatic heterocycles. The van der Waals surface area contributed by atoms with Gasteiger partial charge in [0.2, 0.25) is 0 Å². The number of carbonyl (C=O) groups is 1. The molecule has 19 heavy (non-hydrogen) atoms. The van der Waals surface area contributed by atoms with E-state index in [1.807, 2.05) is 6.07 Å². The molecule has 3 rings (SSSR count). The van der Waals surface area contributed by atoms with Gasteiger partial charge < -0.3 is 10.4 Å². The van der Waals surface area contributed by atoms with E-state index < -0.39 is 5.60 Å². The summed E-state index contributed by atoms with van der Waals surface area (Å²) in [6.45, 7) is 0.397. The molecule has 0 aliphatic heterocycles. The fraction of sp³-hybridized carbons (Fsp3) is 0.667. The van der Waals surface area contributed by atoms with Gasteiger partial charge in [0.25, 0.3) is 5.91 Å².